The SMILES string of the molecule is IC12CC1(I)CC1(I)CC1(I)C2. The molecule has 0 nitrogen and oxygen atoms in total. The summed E-state index contributed by atoms with van der Waals surface area (Å²) in [6, 6.07) is 0. The first-order valence-corrected chi connectivity index (χ1v) is 8.40. The molecule has 0 aromatic carbocycles. The van der Waals surface area contributed by atoms with Gasteiger partial charge in [-0.1, -0.05) is 90.4 Å². The average molecular weight is 612 g/mol. The Morgan fingerprint density at radius 2 is 0.667 bits per heavy atom. The summed E-state index contributed by atoms with van der Waals surface area (Å²) in [5, 5.41) is 0. The number of alkyl halides is 4. The van der Waals surface area contributed by atoms with Crippen molar-refractivity contribution >= 4 is 90.4 Å². The lowest BCUT2D eigenvalue weighted by atomic mass is 10.0. The van der Waals surface area contributed by atoms with Crippen LogP contribution in [0.25, 0.3) is 0 Å². The summed E-state index contributed by atoms with van der Waals surface area (Å²) >= 11 is 10.9. The van der Waals surface area contributed by atoms with E-state index in [1.807, 2.05) is 0 Å². The fourth-order valence-corrected chi connectivity index (χ4v) is 11.5. The number of halogens is 4. The van der Waals surface area contributed by atoms with Gasteiger partial charge >= 0.3 is 0 Å². The molecule has 0 bridgehead atoms. The molecule has 12 heavy (non-hydrogen) atoms. The molecule has 0 atom stereocenters. The first kappa shape index (κ1) is 10.1. The van der Waals surface area contributed by atoms with Gasteiger partial charge in [-0.2, -0.15) is 0 Å². The number of hydrogen-bond donors (Lipinski definition) is 0. The van der Waals surface area contributed by atoms with E-state index >= 15 is 0 Å². The Morgan fingerprint density at radius 3 is 0.833 bits per heavy atom. The van der Waals surface area contributed by atoms with E-state index in [0.717, 1.165) is 0 Å². The summed E-state index contributed by atoms with van der Waals surface area (Å²) < 4.78 is 2.71. The Kier molecular flexibility index (Phi) is 2.05. The largest absolute Gasteiger partial charge is 0.0773 e. The van der Waals surface area contributed by atoms with E-state index in [4.69, 9.17) is 0 Å². The van der Waals surface area contributed by atoms with Crippen LogP contribution in [0.15, 0.2) is 0 Å². The molecule has 3 aliphatic carbocycles. The van der Waals surface area contributed by atoms with Crippen molar-refractivity contribution in [2.75, 3.05) is 0 Å². The molecular formula is C8H8I4. The highest BCUT2D eigenvalue weighted by molar-refractivity contribution is 14.1. The lowest BCUT2D eigenvalue weighted by Gasteiger charge is -2.29. The van der Waals surface area contributed by atoms with Crippen LogP contribution in [-0.4, -0.2) is 13.7 Å². The molecule has 0 heterocycles. The fourth-order valence-electron chi connectivity index (χ4n) is 2.57. The van der Waals surface area contributed by atoms with Crippen molar-refractivity contribution in [2.24, 2.45) is 0 Å². The zero-order chi connectivity index (χ0) is 8.83. The van der Waals surface area contributed by atoms with Crippen LogP contribution >= 0.6 is 90.4 Å². The molecule has 4 heteroatoms. The van der Waals surface area contributed by atoms with Crippen LogP contribution in [0.5, 0.6) is 0 Å². The molecule has 0 aromatic heterocycles. The van der Waals surface area contributed by atoms with Gasteiger partial charge in [0, 0.05) is 13.7 Å². The average Bonchev–Trinajstić information content (AvgIpc) is 2.45. The minimum Gasteiger partial charge on any atom is -0.0773 e. The van der Waals surface area contributed by atoms with E-state index < -0.39 is 0 Å². The summed E-state index contributed by atoms with van der Waals surface area (Å²) in [4.78, 5) is 0. The van der Waals surface area contributed by atoms with Crippen molar-refractivity contribution in [1.82, 2.24) is 0 Å². The van der Waals surface area contributed by atoms with Crippen molar-refractivity contribution in [3.8, 4) is 0 Å². The third-order valence-corrected chi connectivity index (χ3v) is 12.8. The van der Waals surface area contributed by atoms with Gasteiger partial charge in [0.2, 0.25) is 0 Å². The summed E-state index contributed by atoms with van der Waals surface area (Å²) in [6.07, 6.45) is 5.87. The third-order valence-electron chi connectivity index (χ3n) is 3.60. The summed E-state index contributed by atoms with van der Waals surface area (Å²) in [5.74, 6) is 0. The Bertz CT molecular complexity index is 228. The standard InChI is InChI=1S/C8H8I4/c9-5-1-6(5,10)4-8(12)2-7(8,11)3-5/h1-4H2. The number of rotatable bonds is 0. The zero-order valence-corrected chi connectivity index (χ0v) is 15.0. The monoisotopic (exact) mass is 612 g/mol. The number of hydrogen-bond acceptors (Lipinski definition) is 0. The second-order valence-electron chi connectivity index (χ2n) is 4.57. The smallest absolute Gasteiger partial charge is 0.0395 e. The van der Waals surface area contributed by atoms with Crippen LogP contribution in [0.2, 0.25) is 0 Å². The lowest BCUT2D eigenvalue weighted by molar-refractivity contribution is 0.605. The van der Waals surface area contributed by atoms with Crippen molar-refractivity contribution in [1.29, 1.82) is 0 Å². The maximum absolute atomic E-state index is 2.72. The predicted molar refractivity (Wildman–Crippen MR) is 85.5 cm³/mol. The number of fused-ring (bicyclic) bond motifs is 2. The molecule has 0 N–H and O–H groups in total. The third kappa shape index (κ3) is 1.10. The molecule has 0 unspecified atom stereocenters. The van der Waals surface area contributed by atoms with Crippen LogP contribution in [0, 0.1) is 0 Å². The molecule has 3 rings (SSSR count). The van der Waals surface area contributed by atoms with Crippen LogP contribution in [0.4, 0.5) is 0 Å². The van der Waals surface area contributed by atoms with Crippen molar-refractivity contribution in [2.45, 2.75) is 39.4 Å². The molecule has 3 fully saturated rings. The van der Waals surface area contributed by atoms with E-state index in [1.54, 1.807) is 0 Å². The highest BCUT2D eigenvalue weighted by Gasteiger charge is 2.81. The van der Waals surface area contributed by atoms with Crippen molar-refractivity contribution in [3.05, 3.63) is 0 Å². The van der Waals surface area contributed by atoms with Crippen LogP contribution < -0.4 is 0 Å². The Balaban J connectivity index is 1.97. The van der Waals surface area contributed by atoms with Gasteiger partial charge in [0.05, 0.1) is 0 Å². The van der Waals surface area contributed by atoms with Gasteiger partial charge in [0.25, 0.3) is 0 Å². The Hall–Kier alpha value is 2.92. The summed E-state index contributed by atoms with van der Waals surface area (Å²) in [5.41, 5.74) is 0. The summed E-state index contributed by atoms with van der Waals surface area (Å²) in [7, 11) is 0. The first-order chi connectivity index (χ1) is 5.33. The van der Waals surface area contributed by atoms with E-state index in [-0.39, 0.29) is 0 Å². The molecule has 0 saturated heterocycles. The van der Waals surface area contributed by atoms with Crippen LogP contribution in [0.3, 0.4) is 0 Å². The quantitative estimate of drug-likeness (QED) is 0.284. The zero-order valence-electron chi connectivity index (χ0n) is 6.34. The molecule has 3 aliphatic rings. The molecule has 0 aromatic rings. The van der Waals surface area contributed by atoms with Gasteiger partial charge in [0.1, 0.15) is 0 Å². The normalized spacial score (nSPS) is 73.0. The Labute approximate surface area is 127 Å². The second-order valence-corrected chi connectivity index (χ2v) is 12.8. The van der Waals surface area contributed by atoms with E-state index in [9.17, 15) is 0 Å². The van der Waals surface area contributed by atoms with Gasteiger partial charge in [0.15, 0.2) is 0 Å². The minimum atomic E-state index is 0.678. The molecule has 0 amide bonds. The summed E-state index contributed by atoms with van der Waals surface area (Å²) in [6.45, 7) is 0. The molecule has 0 spiro atoms. The lowest BCUT2D eigenvalue weighted by Crippen LogP contribution is -2.32. The highest BCUT2D eigenvalue weighted by atomic mass is 127. The molecule has 3 saturated carbocycles. The van der Waals surface area contributed by atoms with Crippen molar-refractivity contribution in [3.63, 3.8) is 0 Å². The van der Waals surface area contributed by atoms with Gasteiger partial charge in [-0.25, -0.2) is 0 Å². The van der Waals surface area contributed by atoms with Gasteiger partial charge in [-0.05, 0) is 25.7 Å². The Morgan fingerprint density at radius 1 is 0.500 bits per heavy atom. The fraction of sp³-hybridized carbons (Fsp3) is 1.00. The molecule has 0 aliphatic heterocycles. The minimum absolute atomic E-state index is 0.678. The second kappa shape index (κ2) is 2.43. The molecule has 0 radical (unpaired) electrons. The first-order valence-electron chi connectivity index (χ1n) is 4.08. The molecule has 68 valence electrons. The van der Waals surface area contributed by atoms with E-state index in [0.29, 0.717) is 13.7 Å². The van der Waals surface area contributed by atoms with Crippen LogP contribution in [-0.2, 0) is 0 Å². The maximum atomic E-state index is 2.72. The van der Waals surface area contributed by atoms with Gasteiger partial charge in [-0.3, -0.25) is 0 Å². The van der Waals surface area contributed by atoms with E-state index in [1.165, 1.54) is 25.7 Å². The predicted octanol–water partition coefficient (Wildman–Crippen LogP) is 4.28. The maximum Gasteiger partial charge on any atom is 0.0395 e. The van der Waals surface area contributed by atoms with Gasteiger partial charge in [-0.15, -0.1) is 0 Å². The van der Waals surface area contributed by atoms with Crippen LogP contribution in [0.1, 0.15) is 25.7 Å². The topological polar surface area (TPSA) is 0 Å². The molecular weight excluding hydrogens is 604 g/mol. The van der Waals surface area contributed by atoms with Crippen molar-refractivity contribution < 1.29 is 0 Å². The van der Waals surface area contributed by atoms with Gasteiger partial charge < -0.3 is 0 Å². The van der Waals surface area contributed by atoms with E-state index in [2.05, 4.69) is 90.4 Å². The highest BCUT2D eigenvalue weighted by Crippen LogP contribution is 2.82.